The zero-order valence-electron chi connectivity index (χ0n) is 38.9. The second-order valence-electron chi connectivity index (χ2n) is 18.3. The van der Waals surface area contributed by atoms with Crippen molar-refractivity contribution < 1.29 is 38.4 Å². The average molecular weight is 1430 g/mol. The molecule has 0 fully saturated rings. The lowest BCUT2D eigenvalue weighted by Crippen LogP contribution is -2.32. The summed E-state index contributed by atoms with van der Waals surface area (Å²) in [5.74, 6) is -10.9. The molecule has 29 heteroatoms. The van der Waals surface area contributed by atoms with Crippen LogP contribution in [0.15, 0.2) is 42.5 Å². The van der Waals surface area contributed by atoms with Crippen molar-refractivity contribution in [2.75, 3.05) is 9.80 Å². The van der Waals surface area contributed by atoms with E-state index in [4.69, 9.17) is 202 Å². The summed E-state index contributed by atoms with van der Waals surface area (Å²) in [6, 6.07) is 9.34. The predicted molar refractivity (Wildman–Crippen MR) is 322 cm³/mol. The number of fused-ring (bicyclic) bond motifs is 6. The van der Waals surface area contributed by atoms with E-state index in [1.807, 2.05) is 0 Å². The Morgan fingerprint density at radius 1 is 0.329 bits per heavy atom. The number of hydrogen-bond acceptors (Lipinski definition) is 10. The smallest absolute Gasteiger partial charge is 0.267 e. The van der Waals surface area contributed by atoms with Crippen molar-refractivity contribution in [3.8, 4) is 0 Å². The molecule has 0 spiro atoms. The van der Waals surface area contributed by atoms with E-state index in [0.717, 1.165) is 0 Å². The summed E-state index contributed by atoms with van der Waals surface area (Å²) in [7, 11) is 0. The van der Waals surface area contributed by atoms with Crippen LogP contribution in [0.5, 0.6) is 0 Å². The quantitative estimate of drug-likeness (QED) is 0.0676. The van der Waals surface area contributed by atoms with Gasteiger partial charge in [-0.1, -0.05) is 203 Å². The van der Waals surface area contributed by atoms with Crippen LogP contribution in [0.25, 0.3) is 21.8 Å². The number of ketones is 4. The maximum Gasteiger partial charge on any atom is 0.267 e. The first-order valence-corrected chi connectivity index (χ1v) is 29.0. The number of carbonyl (C=O) groups excluding carboxylic acids is 8. The number of halogens is 17. The zero-order valence-corrected chi connectivity index (χ0v) is 51.7. The van der Waals surface area contributed by atoms with Crippen LogP contribution >= 0.6 is 197 Å². The normalized spacial score (nSPS) is 15.2. The van der Waals surface area contributed by atoms with E-state index in [2.05, 4.69) is 4.98 Å². The van der Waals surface area contributed by atoms with Gasteiger partial charge in [0.1, 0.15) is 11.8 Å². The minimum absolute atomic E-state index is 0.00996. The summed E-state index contributed by atoms with van der Waals surface area (Å²) in [6.07, 6.45) is -0.479. The summed E-state index contributed by atoms with van der Waals surface area (Å²) in [5, 5.41) is -5.77. The molecule has 12 rings (SSSR count). The molecule has 410 valence electrons. The van der Waals surface area contributed by atoms with Crippen molar-refractivity contribution in [2.24, 2.45) is 0 Å². The minimum Gasteiger partial charge on any atom is -0.293 e. The number of anilines is 2. The number of pyridine rings is 2. The van der Waals surface area contributed by atoms with Crippen LogP contribution in [-0.2, 0) is 6.42 Å². The van der Waals surface area contributed by atoms with Crippen molar-refractivity contribution in [3.63, 3.8) is 0 Å². The Kier molecular flexibility index (Phi) is 14.7. The number of Topliss-reactive ketones (excluding diaryl/α,β-unsaturated/α-hetero) is 4. The van der Waals surface area contributed by atoms with Gasteiger partial charge in [-0.2, -0.15) is 0 Å². The summed E-state index contributed by atoms with van der Waals surface area (Å²) in [4.78, 5) is 127. The molecule has 12 nitrogen and oxygen atoms in total. The van der Waals surface area contributed by atoms with Crippen molar-refractivity contribution in [1.29, 1.82) is 0 Å². The molecule has 0 radical (unpaired) electrons. The number of imide groups is 2. The van der Waals surface area contributed by atoms with E-state index in [1.165, 1.54) is 42.5 Å². The lowest BCUT2D eigenvalue weighted by Gasteiger charge is -2.25. The largest absolute Gasteiger partial charge is 0.293 e. The van der Waals surface area contributed by atoms with Crippen LogP contribution in [0.4, 0.5) is 11.4 Å². The fraction of sp³-hybridized carbons (Fsp3) is 0.0566. The van der Waals surface area contributed by atoms with Crippen LogP contribution in [0, 0.1) is 0 Å². The molecular formula is C53H11Cl17N4O8. The third-order valence-electron chi connectivity index (χ3n) is 14.1. The van der Waals surface area contributed by atoms with Gasteiger partial charge in [-0.25, -0.2) is 14.8 Å². The van der Waals surface area contributed by atoms with Gasteiger partial charge in [-0.3, -0.25) is 43.3 Å². The Bertz CT molecular complexity index is 4440. The molecule has 0 saturated carbocycles. The van der Waals surface area contributed by atoms with E-state index in [0.29, 0.717) is 9.80 Å². The standard InChI is InChI=1S/C53H11Cl17N4O8/c54-13-8-10(45(74-52(81)25-26(53(74)82)34(62)42(70)41(69)33(25)61)12-3-6-16(72-43(12)13)18-48(77)21-22(49(18)78)30(58)38(66)37(65)29(21)57)7-9-1-4-14-11(44(9)73-50(79)23-24(51(73)80)32(60)40(68)39(67)31(23)59)2-5-15(71-14)17-46(75)19-20(47(17)76)28(56)36(64)35(63)27(19)55/h1-6,8,17-18H,7H2. The molecule has 0 unspecified atom stereocenters. The van der Waals surface area contributed by atoms with Gasteiger partial charge < -0.3 is 0 Å². The fourth-order valence-electron chi connectivity index (χ4n) is 10.5. The first-order chi connectivity index (χ1) is 38.6. The Labute approximate surface area is 542 Å². The summed E-state index contributed by atoms with van der Waals surface area (Å²) in [5.41, 5.74) is -3.92. The molecule has 0 bridgehead atoms. The second kappa shape index (κ2) is 20.6. The number of hydrogen-bond donors (Lipinski definition) is 0. The number of aromatic nitrogens is 2. The van der Waals surface area contributed by atoms with Crippen LogP contribution in [-0.4, -0.2) is 56.7 Å². The van der Waals surface area contributed by atoms with Gasteiger partial charge in [0, 0.05) is 17.2 Å². The van der Waals surface area contributed by atoms with Crippen LogP contribution in [0.3, 0.4) is 0 Å². The van der Waals surface area contributed by atoms with Gasteiger partial charge in [0.25, 0.3) is 23.6 Å². The van der Waals surface area contributed by atoms with E-state index >= 15 is 0 Å². The fourth-order valence-corrected chi connectivity index (χ4v) is 14.9. The van der Waals surface area contributed by atoms with Gasteiger partial charge in [0.05, 0.1) is 164 Å². The maximum absolute atomic E-state index is 14.9. The van der Waals surface area contributed by atoms with Crippen LogP contribution < -0.4 is 9.80 Å². The topological polar surface area (TPSA) is 169 Å². The molecule has 4 amide bonds. The third kappa shape index (κ3) is 8.02. The molecule has 0 N–H and O–H groups in total. The Balaban J connectivity index is 1.08. The molecule has 0 saturated heterocycles. The Morgan fingerprint density at radius 3 is 0.988 bits per heavy atom. The lowest BCUT2D eigenvalue weighted by atomic mass is 9.93. The van der Waals surface area contributed by atoms with Crippen molar-refractivity contribution in [3.05, 3.63) is 195 Å². The first-order valence-electron chi connectivity index (χ1n) is 22.6. The second-order valence-corrected chi connectivity index (χ2v) is 24.7. The van der Waals surface area contributed by atoms with E-state index in [-0.39, 0.29) is 143 Å². The summed E-state index contributed by atoms with van der Waals surface area (Å²) >= 11 is 110. The van der Waals surface area contributed by atoms with E-state index in [1.54, 1.807) is 0 Å². The van der Waals surface area contributed by atoms with Crippen molar-refractivity contribution in [1.82, 2.24) is 9.97 Å². The van der Waals surface area contributed by atoms with E-state index in [9.17, 15) is 38.4 Å². The lowest BCUT2D eigenvalue weighted by molar-refractivity contribution is 0.0872. The molecule has 82 heavy (non-hydrogen) atoms. The third-order valence-corrected chi connectivity index (χ3v) is 21.6. The summed E-state index contributed by atoms with van der Waals surface area (Å²) in [6.45, 7) is 0. The highest BCUT2D eigenvalue weighted by molar-refractivity contribution is 6.60. The molecule has 4 aliphatic rings. The molecule has 8 aromatic rings. The Hall–Kier alpha value is -3.97. The van der Waals surface area contributed by atoms with Crippen LogP contribution in [0.1, 0.15) is 117 Å². The van der Waals surface area contributed by atoms with Gasteiger partial charge in [-0.15, -0.1) is 0 Å². The number of amides is 4. The molecule has 2 aliphatic carbocycles. The van der Waals surface area contributed by atoms with Gasteiger partial charge in [0.2, 0.25) is 0 Å². The molecule has 6 aromatic carbocycles. The summed E-state index contributed by atoms with van der Waals surface area (Å²) < 4.78 is 0. The molecular weight excluding hydrogens is 1420 g/mol. The van der Waals surface area contributed by atoms with Gasteiger partial charge >= 0.3 is 0 Å². The number of benzene rings is 6. The molecule has 4 heterocycles. The number of nitrogens with zero attached hydrogens (tertiary/aromatic N) is 4. The highest BCUT2D eigenvalue weighted by Crippen LogP contribution is 2.54. The Morgan fingerprint density at radius 2 is 0.634 bits per heavy atom. The van der Waals surface area contributed by atoms with E-state index < -0.39 is 107 Å². The average Bonchev–Trinajstić information content (AvgIpc) is 4.27. The highest BCUT2D eigenvalue weighted by atomic mass is 35.5. The zero-order chi connectivity index (χ0) is 59.2. The maximum atomic E-state index is 14.9. The van der Waals surface area contributed by atoms with Crippen molar-refractivity contribution in [2.45, 2.75) is 18.3 Å². The highest BCUT2D eigenvalue weighted by Gasteiger charge is 2.50. The first kappa shape index (κ1) is 58.4. The molecule has 0 atom stereocenters. The predicted octanol–water partition coefficient (Wildman–Crippen LogP) is 19.4. The molecule has 2 aliphatic heterocycles. The SMILES string of the molecule is O=C1c2c(Cl)c(Cl)c(Cl)c(Cl)c2C(=O)C1c1ccc2c(N3C(=O)c4c(Cl)c(Cl)c(Cl)c(Cl)c4C3=O)c(Cc3cc(Cl)c4nc(C5C(=O)c6c(Cl)c(Cl)c(Cl)c(Cl)c6C5=O)ccc4c3N3C(=O)c4c(Cl)c(Cl)c(Cl)c(Cl)c4C3=O)ccc2n1. The molecule has 2 aromatic heterocycles. The monoisotopic (exact) mass is 1430 g/mol. The van der Waals surface area contributed by atoms with Gasteiger partial charge in [-0.05, 0) is 47.5 Å². The van der Waals surface area contributed by atoms with Gasteiger partial charge in [0.15, 0.2) is 23.1 Å². The van der Waals surface area contributed by atoms with Crippen LogP contribution in [0.2, 0.25) is 85.4 Å². The number of rotatable bonds is 6. The minimum atomic E-state index is -1.68. The number of carbonyl (C=O) groups is 8. The van der Waals surface area contributed by atoms with Crippen molar-refractivity contribution >= 4 is 277 Å².